The molecular weight excluding hydrogens is 312 g/mol. The molecule has 132 valence electrons. The molecule has 25 heavy (non-hydrogen) atoms. The first-order valence-electron chi connectivity index (χ1n) is 8.55. The molecule has 0 fully saturated rings. The molecule has 0 bridgehead atoms. The Kier molecular flexibility index (Phi) is 6.34. The van der Waals surface area contributed by atoms with Gasteiger partial charge in [0.05, 0.1) is 6.42 Å². The Bertz CT molecular complexity index is 734. The van der Waals surface area contributed by atoms with Gasteiger partial charge in [-0.25, -0.2) is 0 Å². The van der Waals surface area contributed by atoms with Crippen LogP contribution >= 0.6 is 0 Å². The van der Waals surface area contributed by atoms with Crippen molar-refractivity contribution >= 4 is 17.5 Å². The predicted octanol–water partition coefficient (Wildman–Crippen LogP) is 3.77. The van der Waals surface area contributed by atoms with Crippen LogP contribution < -0.4 is 5.32 Å². The Morgan fingerprint density at radius 2 is 1.64 bits per heavy atom. The minimum absolute atomic E-state index is 0.0550. The number of carbonyl (C=O) groups excluding carboxylic acids is 2. The fourth-order valence-electron chi connectivity index (χ4n) is 2.60. The summed E-state index contributed by atoms with van der Waals surface area (Å²) in [6, 6.07) is 15.1. The van der Waals surface area contributed by atoms with E-state index in [2.05, 4.69) is 19.2 Å². The Morgan fingerprint density at radius 1 is 1.00 bits per heavy atom. The molecule has 0 aliphatic rings. The maximum atomic E-state index is 12.6. The summed E-state index contributed by atoms with van der Waals surface area (Å²) in [6.45, 7) is 4.28. The van der Waals surface area contributed by atoms with Crippen LogP contribution in [0.15, 0.2) is 48.5 Å². The predicted molar refractivity (Wildman–Crippen MR) is 102 cm³/mol. The standard InChI is InChI=1S/C21H26N2O2/c1-15(2)13-17-7-5-6-8-19(17)21(25)22-18-11-9-16(10-12-18)14-20(24)23(3)4/h5-12,15H,13-14H2,1-4H3,(H,22,25). The number of rotatable bonds is 6. The van der Waals surface area contributed by atoms with E-state index in [0.29, 0.717) is 17.9 Å². The highest BCUT2D eigenvalue weighted by Crippen LogP contribution is 2.17. The summed E-state index contributed by atoms with van der Waals surface area (Å²) in [5.74, 6) is 0.440. The first-order valence-corrected chi connectivity index (χ1v) is 8.55. The molecule has 0 aliphatic carbocycles. The number of nitrogens with one attached hydrogen (secondary N) is 1. The number of hydrogen-bond donors (Lipinski definition) is 1. The highest BCUT2D eigenvalue weighted by Gasteiger charge is 2.12. The fourth-order valence-corrected chi connectivity index (χ4v) is 2.60. The Balaban J connectivity index is 2.07. The average Bonchev–Trinajstić information content (AvgIpc) is 2.56. The lowest BCUT2D eigenvalue weighted by atomic mass is 9.97. The van der Waals surface area contributed by atoms with E-state index < -0.39 is 0 Å². The van der Waals surface area contributed by atoms with Gasteiger partial charge in [0.2, 0.25) is 5.91 Å². The molecule has 4 nitrogen and oxygen atoms in total. The van der Waals surface area contributed by atoms with Crippen molar-refractivity contribution in [3.05, 3.63) is 65.2 Å². The molecule has 0 atom stereocenters. The summed E-state index contributed by atoms with van der Waals surface area (Å²) in [5.41, 5.74) is 3.42. The number of nitrogens with zero attached hydrogens (tertiary/aromatic N) is 1. The molecule has 2 amide bonds. The van der Waals surface area contributed by atoms with Gasteiger partial charge in [0.25, 0.3) is 5.91 Å². The third kappa shape index (κ3) is 5.45. The summed E-state index contributed by atoms with van der Waals surface area (Å²) < 4.78 is 0. The Morgan fingerprint density at radius 3 is 2.24 bits per heavy atom. The Labute approximate surface area is 149 Å². The minimum Gasteiger partial charge on any atom is -0.349 e. The lowest BCUT2D eigenvalue weighted by Gasteiger charge is -2.13. The minimum atomic E-state index is -0.103. The van der Waals surface area contributed by atoms with Crippen LogP contribution in [0.25, 0.3) is 0 Å². The third-order valence-corrected chi connectivity index (χ3v) is 3.96. The first kappa shape index (κ1) is 18.7. The van der Waals surface area contributed by atoms with Gasteiger partial charge in [0, 0.05) is 25.3 Å². The van der Waals surface area contributed by atoms with Crippen LogP contribution in [0.1, 0.15) is 35.3 Å². The average molecular weight is 338 g/mol. The van der Waals surface area contributed by atoms with E-state index >= 15 is 0 Å². The largest absolute Gasteiger partial charge is 0.349 e. The van der Waals surface area contributed by atoms with Crippen LogP contribution in [0.3, 0.4) is 0 Å². The van der Waals surface area contributed by atoms with E-state index in [9.17, 15) is 9.59 Å². The monoisotopic (exact) mass is 338 g/mol. The second kappa shape index (κ2) is 8.47. The second-order valence-corrected chi connectivity index (χ2v) is 6.87. The van der Waals surface area contributed by atoms with Crippen molar-refractivity contribution in [2.45, 2.75) is 26.7 Å². The summed E-state index contributed by atoms with van der Waals surface area (Å²) in [7, 11) is 3.48. The Hall–Kier alpha value is -2.62. The quantitative estimate of drug-likeness (QED) is 0.872. The van der Waals surface area contributed by atoms with Gasteiger partial charge in [-0.1, -0.05) is 44.2 Å². The summed E-state index contributed by atoms with van der Waals surface area (Å²) in [4.78, 5) is 25.9. The van der Waals surface area contributed by atoms with Crippen LogP contribution in [0, 0.1) is 5.92 Å². The van der Waals surface area contributed by atoms with E-state index in [4.69, 9.17) is 0 Å². The van der Waals surface area contributed by atoms with E-state index in [0.717, 1.165) is 23.2 Å². The second-order valence-electron chi connectivity index (χ2n) is 6.87. The van der Waals surface area contributed by atoms with Crippen LogP contribution in [0.5, 0.6) is 0 Å². The molecule has 2 rings (SSSR count). The molecule has 0 aromatic heterocycles. The maximum Gasteiger partial charge on any atom is 0.255 e. The summed E-state index contributed by atoms with van der Waals surface area (Å²) in [6.07, 6.45) is 1.23. The molecule has 2 aromatic rings. The number of benzene rings is 2. The van der Waals surface area contributed by atoms with E-state index in [1.807, 2.05) is 48.5 Å². The topological polar surface area (TPSA) is 49.4 Å². The highest BCUT2D eigenvalue weighted by atomic mass is 16.2. The van der Waals surface area contributed by atoms with Crippen molar-refractivity contribution in [2.24, 2.45) is 5.92 Å². The molecule has 0 aliphatic heterocycles. The lowest BCUT2D eigenvalue weighted by Crippen LogP contribution is -2.23. The number of anilines is 1. The van der Waals surface area contributed by atoms with Crippen LogP contribution in [0.4, 0.5) is 5.69 Å². The normalized spacial score (nSPS) is 10.6. The van der Waals surface area contributed by atoms with Gasteiger partial charge < -0.3 is 10.2 Å². The molecule has 1 N–H and O–H groups in total. The molecular formula is C21H26N2O2. The molecule has 0 saturated heterocycles. The van der Waals surface area contributed by atoms with E-state index in [1.54, 1.807) is 19.0 Å². The van der Waals surface area contributed by atoms with Gasteiger partial charge >= 0.3 is 0 Å². The van der Waals surface area contributed by atoms with E-state index in [-0.39, 0.29) is 11.8 Å². The van der Waals surface area contributed by atoms with Crippen LogP contribution in [0.2, 0.25) is 0 Å². The number of likely N-dealkylation sites (N-methyl/N-ethyl adjacent to an activating group) is 1. The van der Waals surface area contributed by atoms with Crippen molar-refractivity contribution in [2.75, 3.05) is 19.4 Å². The van der Waals surface area contributed by atoms with Gasteiger partial charge in [-0.15, -0.1) is 0 Å². The molecule has 0 radical (unpaired) electrons. The first-order chi connectivity index (χ1) is 11.9. The van der Waals surface area contributed by atoms with Crippen molar-refractivity contribution in [3.8, 4) is 0 Å². The van der Waals surface area contributed by atoms with Crippen molar-refractivity contribution in [1.29, 1.82) is 0 Å². The fraction of sp³-hybridized carbons (Fsp3) is 0.333. The van der Waals surface area contributed by atoms with Crippen molar-refractivity contribution in [1.82, 2.24) is 4.90 Å². The smallest absolute Gasteiger partial charge is 0.255 e. The van der Waals surface area contributed by atoms with Crippen LogP contribution in [-0.2, 0) is 17.6 Å². The number of carbonyl (C=O) groups is 2. The lowest BCUT2D eigenvalue weighted by molar-refractivity contribution is -0.127. The van der Waals surface area contributed by atoms with Gasteiger partial charge in [-0.2, -0.15) is 0 Å². The maximum absolute atomic E-state index is 12.6. The SMILES string of the molecule is CC(C)Cc1ccccc1C(=O)Nc1ccc(CC(=O)N(C)C)cc1. The van der Waals surface area contributed by atoms with Crippen molar-refractivity contribution in [3.63, 3.8) is 0 Å². The number of amides is 2. The molecule has 0 spiro atoms. The van der Waals surface area contributed by atoms with Crippen LogP contribution in [-0.4, -0.2) is 30.8 Å². The van der Waals surface area contributed by atoms with E-state index in [1.165, 1.54) is 0 Å². The zero-order valence-corrected chi connectivity index (χ0v) is 15.4. The van der Waals surface area contributed by atoms with Crippen molar-refractivity contribution < 1.29 is 9.59 Å². The zero-order valence-electron chi connectivity index (χ0n) is 15.4. The zero-order chi connectivity index (χ0) is 18.4. The molecule has 0 saturated carbocycles. The summed E-state index contributed by atoms with van der Waals surface area (Å²) in [5, 5.41) is 2.94. The molecule has 0 unspecified atom stereocenters. The van der Waals surface area contributed by atoms with Gasteiger partial charge in [-0.3, -0.25) is 9.59 Å². The van der Waals surface area contributed by atoms with Gasteiger partial charge in [-0.05, 0) is 41.7 Å². The van der Waals surface area contributed by atoms with Gasteiger partial charge in [0.15, 0.2) is 0 Å². The summed E-state index contributed by atoms with van der Waals surface area (Å²) >= 11 is 0. The number of hydrogen-bond acceptors (Lipinski definition) is 2. The molecule has 0 heterocycles. The molecule has 2 aromatic carbocycles. The van der Waals surface area contributed by atoms with Gasteiger partial charge in [0.1, 0.15) is 0 Å². The molecule has 4 heteroatoms. The highest BCUT2D eigenvalue weighted by molar-refractivity contribution is 6.05. The third-order valence-electron chi connectivity index (χ3n) is 3.96.